The highest BCUT2D eigenvalue weighted by atomic mass is 16.2. The van der Waals surface area contributed by atoms with Crippen LogP contribution in [0.1, 0.15) is 41.5 Å². The van der Waals surface area contributed by atoms with Gasteiger partial charge in [-0.3, -0.25) is 19.8 Å². The Bertz CT molecular complexity index is 310. The summed E-state index contributed by atoms with van der Waals surface area (Å²) in [6, 6.07) is -0.259. The third-order valence-electron chi connectivity index (χ3n) is 2.82. The molecule has 1 heterocycles. The molecule has 0 bridgehead atoms. The Balaban J connectivity index is 3.09. The van der Waals surface area contributed by atoms with E-state index in [2.05, 4.69) is 5.32 Å². The summed E-state index contributed by atoms with van der Waals surface area (Å²) in [5.41, 5.74) is -0.372. The van der Waals surface area contributed by atoms with E-state index >= 15 is 0 Å². The van der Waals surface area contributed by atoms with Crippen molar-refractivity contribution in [3.63, 3.8) is 0 Å². The summed E-state index contributed by atoms with van der Waals surface area (Å²) in [5, 5.41) is 2.42. The molecule has 1 N–H and O–H groups in total. The van der Waals surface area contributed by atoms with Crippen LogP contribution in [-0.4, -0.2) is 34.8 Å². The van der Waals surface area contributed by atoms with E-state index in [4.69, 9.17) is 0 Å². The normalized spacial score (nSPS) is 24.5. The van der Waals surface area contributed by atoms with Gasteiger partial charge < -0.3 is 0 Å². The molecule has 1 atom stereocenters. The Morgan fingerprint density at radius 3 is 2.00 bits per heavy atom. The molecule has 1 aliphatic heterocycles. The predicted octanol–water partition coefficient (Wildman–Crippen LogP) is 1.16. The van der Waals surface area contributed by atoms with E-state index in [-0.39, 0.29) is 35.4 Å². The van der Waals surface area contributed by atoms with Gasteiger partial charge in [-0.2, -0.15) is 0 Å². The number of hydrogen-bond donors (Lipinski definition) is 1. The van der Waals surface area contributed by atoms with E-state index in [0.29, 0.717) is 0 Å². The second-order valence-corrected chi connectivity index (χ2v) is 6.48. The minimum absolute atomic E-state index is 0.182. The Morgan fingerprint density at radius 2 is 1.62 bits per heavy atom. The Labute approximate surface area is 97.4 Å². The average molecular weight is 226 g/mol. The van der Waals surface area contributed by atoms with Gasteiger partial charge >= 0.3 is 0 Å². The molecule has 1 fully saturated rings. The van der Waals surface area contributed by atoms with E-state index in [9.17, 15) is 9.59 Å². The zero-order valence-electron chi connectivity index (χ0n) is 11.0. The first-order valence-corrected chi connectivity index (χ1v) is 5.64. The van der Waals surface area contributed by atoms with Crippen LogP contribution in [0.25, 0.3) is 0 Å². The van der Waals surface area contributed by atoms with Crippen LogP contribution in [0.2, 0.25) is 0 Å². The van der Waals surface area contributed by atoms with Crippen molar-refractivity contribution in [1.29, 1.82) is 0 Å². The number of rotatable bonds is 0. The minimum Gasteiger partial charge on any atom is -0.294 e. The summed E-state index contributed by atoms with van der Waals surface area (Å²) in [6.45, 7) is 12.4. The monoisotopic (exact) mass is 226 g/mol. The molecule has 4 nitrogen and oxygen atoms in total. The fraction of sp³-hybridized carbons (Fsp3) is 0.833. The quantitative estimate of drug-likeness (QED) is 0.631. The number of nitrogens with zero attached hydrogens (tertiary/aromatic N) is 1. The van der Waals surface area contributed by atoms with Crippen molar-refractivity contribution >= 4 is 11.8 Å². The van der Waals surface area contributed by atoms with Crippen LogP contribution >= 0.6 is 0 Å². The first kappa shape index (κ1) is 13.2. The van der Waals surface area contributed by atoms with Crippen LogP contribution in [0.15, 0.2) is 0 Å². The molecule has 2 amide bonds. The van der Waals surface area contributed by atoms with Gasteiger partial charge in [-0.1, -0.05) is 20.8 Å². The summed E-state index contributed by atoms with van der Waals surface area (Å²) < 4.78 is 0. The largest absolute Gasteiger partial charge is 0.294 e. The highest BCUT2D eigenvalue weighted by Crippen LogP contribution is 2.31. The average Bonchev–Trinajstić information content (AvgIpc) is 1.97. The van der Waals surface area contributed by atoms with Crippen molar-refractivity contribution in [2.75, 3.05) is 6.54 Å². The van der Waals surface area contributed by atoms with Gasteiger partial charge in [-0.25, -0.2) is 0 Å². The maximum absolute atomic E-state index is 11.9. The molecule has 0 aromatic heterocycles. The van der Waals surface area contributed by atoms with Gasteiger partial charge in [0, 0.05) is 5.54 Å². The highest BCUT2D eigenvalue weighted by Gasteiger charge is 2.45. The van der Waals surface area contributed by atoms with Crippen molar-refractivity contribution in [3.8, 4) is 0 Å². The highest BCUT2D eigenvalue weighted by molar-refractivity contribution is 6.01. The number of amides is 2. The number of carbonyl (C=O) groups is 2. The second-order valence-electron chi connectivity index (χ2n) is 6.48. The third kappa shape index (κ3) is 2.61. The molecule has 0 radical (unpaired) electrons. The van der Waals surface area contributed by atoms with Gasteiger partial charge in [0.05, 0.1) is 12.6 Å². The van der Waals surface area contributed by atoms with E-state index in [1.54, 1.807) is 0 Å². The standard InChI is InChI=1S/C12H22N2O2/c1-11(2,3)9-10(16)13-8(15)7-14(9)12(4,5)6/h9H,7H2,1-6H3,(H,13,15,16)/t9-/m1/s1. The molecule has 4 heteroatoms. The molecule has 0 spiro atoms. The molecule has 0 saturated carbocycles. The molecule has 0 aromatic rings. The summed E-state index contributed by atoms with van der Waals surface area (Å²) in [7, 11) is 0. The smallest absolute Gasteiger partial charge is 0.244 e. The van der Waals surface area contributed by atoms with Crippen molar-refractivity contribution in [1.82, 2.24) is 10.2 Å². The summed E-state index contributed by atoms with van der Waals surface area (Å²) in [6.07, 6.45) is 0. The van der Waals surface area contributed by atoms with E-state index in [0.717, 1.165) is 0 Å². The van der Waals surface area contributed by atoms with Crippen molar-refractivity contribution < 1.29 is 9.59 Å². The fourth-order valence-corrected chi connectivity index (χ4v) is 2.12. The van der Waals surface area contributed by atoms with Crippen LogP contribution in [0, 0.1) is 5.41 Å². The lowest BCUT2D eigenvalue weighted by molar-refractivity contribution is -0.148. The molecule has 0 unspecified atom stereocenters. The first-order valence-electron chi connectivity index (χ1n) is 5.64. The number of hydrogen-bond acceptors (Lipinski definition) is 3. The van der Waals surface area contributed by atoms with Gasteiger partial charge in [-0.05, 0) is 26.2 Å². The van der Waals surface area contributed by atoms with Crippen LogP contribution in [0.4, 0.5) is 0 Å². The first-order chi connectivity index (χ1) is 7.03. The van der Waals surface area contributed by atoms with Gasteiger partial charge in [0.15, 0.2) is 0 Å². The number of nitrogens with one attached hydrogen (secondary N) is 1. The molecule has 0 aromatic carbocycles. The Morgan fingerprint density at radius 1 is 1.12 bits per heavy atom. The zero-order valence-corrected chi connectivity index (χ0v) is 11.0. The zero-order chi connectivity index (χ0) is 12.7. The molecule has 1 aliphatic rings. The summed E-state index contributed by atoms with van der Waals surface area (Å²) in [5.74, 6) is -0.390. The molecule has 1 saturated heterocycles. The number of imide groups is 1. The van der Waals surface area contributed by atoms with Crippen molar-refractivity contribution in [3.05, 3.63) is 0 Å². The Hall–Kier alpha value is -0.900. The van der Waals surface area contributed by atoms with Gasteiger partial charge in [0.2, 0.25) is 11.8 Å². The molecule has 92 valence electrons. The van der Waals surface area contributed by atoms with Crippen LogP contribution in [0.5, 0.6) is 0 Å². The molecular weight excluding hydrogens is 204 g/mol. The Kier molecular flexibility index (Phi) is 3.16. The predicted molar refractivity (Wildman–Crippen MR) is 62.9 cm³/mol. The van der Waals surface area contributed by atoms with Crippen LogP contribution in [0.3, 0.4) is 0 Å². The van der Waals surface area contributed by atoms with E-state index < -0.39 is 0 Å². The number of piperazine rings is 1. The van der Waals surface area contributed by atoms with Gasteiger partial charge in [0.1, 0.15) is 0 Å². The minimum atomic E-state index is -0.259. The molecule has 1 rings (SSSR count). The number of carbonyl (C=O) groups excluding carboxylic acids is 2. The lowest BCUT2D eigenvalue weighted by Gasteiger charge is -2.47. The van der Waals surface area contributed by atoms with Crippen LogP contribution in [-0.2, 0) is 9.59 Å². The third-order valence-corrected chi connectivity index (χ3v) is 2.82. The lowest BCUT2D eigenvalue weighted by Crippen LogP contribution is -2.66. The molecule has 16 heavy (non-hydrogen) atoms. The molecular formula is C12H22N2O2. The van der Waals surface area contributed by atoms with Gasteiger partial charge in [0.25, 0.3) is 0 Å². The SMILES string of the molecule is CC(C)(C)[C@H]1C(=O)NC(=O)CN1C(C)(C)C. The van der Waals surface area contributed by atoms with E-state index in [1.165, 1.54) is 0 Å². The van der Waals surface area contributed by atoms with Crippen LogP contribution < -0.4 is 5.32 Å². The fourth-order valence-electron chi connectivity index (χ4n) is 2.12. The topological polar surface area (TPSA) is 49.4 Å². The molecule has 0 aliphatic carbocycles. The lowest BCUT2D eigenvalue weighted by atomic mass is 9.81. The maximum Gasteiger partial charge on any atom is 0.244 e. The van der Waals surface area contributed by atoms with Gasteiger partial charge in [-0.15, -0.1) is 0 Å². The summed E-state index contributed by atoms with van der Waals surface area (Å²) >= 11 is 0. The maximum atomic E-state index is 11.9. The second kappa shape index (κ2) is 3.84. The summed E-state index contributed by atoms with van der Waals surface area (Å²) in [4.78, 5) is 25.3. The van der Waals surface area contributed by atoms with E-state index in [1.807, 2.05) is 46.4 Å². The van der Waals surface area contributed by atoms with Crippen molar-refractivity contribution in [2.24, 2.45) is 5.41 Å². The van der Waals surface area contributed by atoms with Crippen molar-refractivity contribution in [2.45, 2.75) is 53.1 Å².